The third-order valence-electron chi connectivity index (χ3n) is 3.99. The van der Waals surface area contributed by atoms with Crippen molar-refractivity contribution in [3.05, 3.63) is 52.0 Å². The van der Waals surface area contributed by atoms with Gasteiger partial charge in [0.2, 0.25) is 0 Å². The van der Waals surface area contributed by atoms with Gasteiger partial charge < -0.3 is 5.11 Å². The van der Waals surface area contributed by atoms with Crippen LogP contribution in [0.25, 0.3) is 0 Å². The molecule has 4 heteroatoms. The Morgan fingerprint density at radius 3 is 3.05 bits per heavy atom. The van der Waals surface area contributed by atoms with Gasteiger partial charge in [-0.05, 0) is 30.4 Å². The van der Waals surface area contributed by atoms with Crippen LogP contribution in [0.5, 0.6) is 0 Å². The largest absolute Gasteiger partial charge is 0.396 e. The van der Waals surface area contributed by atoms with Gasteiger partial charge in [0.1, 0.15) is 0 Å². The van der Waals surface area contributed by atoms with E-state index in [4.69, 9.17) is 5.11 Å². The van der Waals surface area contributed by atoms with Gasteiger partial charge in [0.05, 0.1) is 11.2 Å². The van der Waals surface area contributed by atoms with Crippen LogP contribution < -0.4 is 0 Å². The van der Waals surface area contributed by atoms with Crippen LogP contribution in [0.15, 0.2) is 35.2 Å². The minimum absolute atomic E-state index is 0.252. The Labute approximate surface area is 123 Å². The van der Waals surface area contributed by atoms with Crippen molar-refractivity contribution in [2.75, 3.05) is 13.2 Å². The lowest BCUT2D eigenvalue weighted by Gasteiger charge is -2.28. The summed E-state index contributed by atoms with van der Waals surface area (Å²) in [7, 11) is 0. The van der Waals surface area contributed by atoms with Gasteiger partial charge in [0.15, 0.2) is 0 Å². The molecule has 0 amide bonds. The lowest BCUT2D eigenvalue weighted by molar-refractivity contribution is 0.164. The second kappa shape index (κ2) is 6.48. The molecule has 0 unspecified atom stereocenters. The summed E-state index contributed by atoms with van der Waals surface area (Å²) < 4.78 is 0. The van der Waals surface area contributed by atoms with E-state index in [9.17, 15) is 0 Å². The molecule has 0 spiro atoms. The average Bonchev–Trinajstić information content (AvgIpc) is 3.12. The summed E-state index contributed by atoms with van der Waals surface area (Å²) in [6, 6.07) is 9.21. The predicted octanol–water partition coefficient (Wildman–Crippen LogP) is 3.02. The Morgan fingerprint density at radius 2 is 2.25 bits per heavy atom. The molecular formula is C16H20N2OS. The quantitative estimate of drug-likeness (QED) is 0.887. The van der Waals surface area contributed by atoms with Crippen LogP contribution >= 0.6 is 11.3 Å². The first-order valence-corrected chi connectivity index (χ1v) is 8.12. The zero-order valence-electron chi connectivity index (χ0n) is 11.5. The number of thiazole rings is 1. The minimum atomic E-state index is 0.252. The number of aromatic nitrogens is 1. The first-order chi connectivity index (χ1) is 9.88. The average molecular weight is 288 g/mol. The first kappa shape index (κ1) is 13.7. The van der Waals surface area contributed by atoms with Crippen LogP contribution in [-0.2, 0) is 13.0 Å². The van der Waals surface area contributed by atoms with E-state index in [1.54, 1.807) is 11.3 Å². The number of hydrogen-bond acceptors (Lipinski definition) is 4. The highest BCUT2D eigenvalue weighted by Gasteiger charge is 2.27. The van der Waals surface area contributed by atoms with Crippen LogP contribution in [-0.4, -0.2) is 28.1 Å². The molecule has 0 bridgehead atoms. The molecule has 106 valence electrons. The summed E-state index contributed by atoms with van der Waals surface area (Å²) in [5, 5.41) is 11.3. The molecular weight excluding hydrogens is 268 g/mol. The summed E-state index contributed by atoms with van der Waals surface area (Å²) in [5.74, 6) is 0. The number of benzene rings is 1. The van der Waals surface area contributed by atoms with Gasteiger partial charge in [-0.3, -0.25) is 4.90 Å². The van der Waals surface area contributed by atoms with Crippen molar-refractivity contribution in [3.63, 3.8) is 0 Å². The maximum absolute atomic E-state index is 9.14. The van der Waals surface area contributed by atoms with Gasteiger partial charge in [-0.15, -0.1) is 11.3 Å². The monoisotopic (exact) mass is 288 g/mol. The van der Waals surface area contributed by atoms with E-state index in [0.29, 0.717) is 6.04 Å². The highest BCUT2D eigenvalue weighted by atomic mass is 32.1. The van der Waals surface area contributed by atoms with E-state index in [1.165, 1.54) is 17.5 Å². The number of rotatable bonds is 6. The minimum Gasteiger partial charge on any atom is -0.396 e. The molecule has 1 aromatic carbocycles. The molecule has 20 heavy (non-hydrogen) atoms. The molecule has 2 aromatic rings. The summed E-state index contributed by atoms with van der Waals surface area (Å²) in [5.41, 5.74) is 5.96. The zero-order valence-corrected chi connectivity index (χ0v) is 12.4. The Bertz CT molecular complexity index is 541. The summed E-state index contributed by atoms with van der Waals surface area (Å²) in [6.07, 6.45) is 3.16. The van der Waals surface area contributed by atoms with Crippen molar-refractivity contribution in [1.82, 2.24) is 9.88 Å². The fourth-order valence-corrected chi connectivity index (χ4v) is 3.61. The molecule has 0 saturated heterocycles. The molecule has 0 saturated carbocycles. The maximum atomic E-state index is 9.14. The summed E-state index contributed by atoms with van der Waals surface area (Å²) >= 11 is 1.65. The highest BCUT2D eigenvalue weighted by Crippen LogP contribution is 2.36. The van der Waals surface area contributed by atoms with Gasteiger partial charge in [-0.25, -0.2) is 4.98 Å². The molecule has 1 atom stereocenters. The van der Waals surface area contributed by atoms with Crippen molar-refractivity contribution in [1.29, 1.82) is 0 Å². The molecule has 3 rings (SSSR count). The topological polar surface area (TPSA) is 36.4 Å². The Morgan fingerprint density at radius 1 is 1.35 bits per heavy atom. The fourth-order valence-electron chi connectivity index (χ4n) is 3.06. The van der Waals surface area contributed by atoms with Crippen LogP contribution in [0.2, 0.25) is 0 Å². The highest BCUT2D eigenvalue weighted by molar-refractivity contribution is 7.07. The van der Waals surface area contributed by atoms with Crippen molar-refractivity contribution in [2.24, 2.45) is 0 Å². The SMILES string of the molecule is OCCCN(Cc1cscn1)[C@H]1CCc2ccccc21. The van der Waals surface area contributed by atoms with Gasteiger partial charge in [-0.2, -0.15) is 0 Å². The Balaban J connectivity index is 1.79. The lowest BCUT2D eigenvalue weighted by atomic mass is 10.1. The molecule has 0 aliphatic heterocycles. The number of aliphatic hydroxyl groups is 1. The van der Waals surface area contributed by atoms with Gasteiger partial charge in [-0.1, -0.05) is 24.3 Å². The third-order valence-corrected chi connectivity index (χ3v) is 4.63. The van der Waals surface area contributed by atoms with E-state index >= 15 is 0 Å². The van der Waals surface area contributed by atoms with Gasteiger partial charge in [0.25, 0.3) is 0 Å². The molecule has 1 aromatic heterocycles. The summed E-state index contributed by atoms with van der Waals surface area (Å²) in [4.78, 5) is 6.88. The van der Waals surface area contributed by atoms with Crippen molar-refractivity contribution < 1.29 is 5.11 Å². The van der Waals surface area contributed by atoms with E-state index in [0.717, 1.165) is 31.6 Å². The van der Waals surface area contributed by atoms with Crippen LogP contribution in [0.3, 0.4) is 0 Å². The number of aryl methyl sites for hydroxylation is 1. The number of aliphatic hydroxyl groups excluding tert-OH is 1. The number of fused-ring (bicyclic) bond motifs is 1. The Hall–Kier alpha value is -1.23. The smallest absolute Gasteiger partial charge is 0.0795 e. The third kappa shape index (κ3) is 2.92. The second-order valence-corrected chi connectivity index (χ2v) is 6.00. The fraction of sp³-hybridized carbons (Fsp3) is 0.438. The van der Waals surface area contributed by atoms with E-state index < -0.39 is 0 Å². The van der Waals surface area contributed by atoms with Crippen LogP contribution in [0.4, 0.5) is 0 Å². The molecule has 0 radical (unpaired) electrons. The van der Waals surface area contributed by atoms with E-state index in [1.807, 2.05) is 5.51 Å². The molecule has 1 aliphatic rings. The molecule has 0 fully saturated rings. The molecule has 1 N–H and O–H groups in total. The van der Waals surface area contributed by atoms with Crippen LogP contribution in [0, 0.1) is 0 Å². The Kier molecular flexibility index (Phi) is 4.45. The number of nitrogens with zero attached hydrogens (tertiary/aromatic N) is 2. The molecule has 3 nitrogen and oxygen atoms in total. The van der Waals surface area contributed by atoms with Crippen molar-refractivity contribution in [2.45, 2.75) is 31.8 Å². The van der Waals surface area contributed by atoms with Gasteiger partial charge in [0, 0.05) is 31.1 Å². The van der Waals surface area contributed by atoms with Gasteiger partial charge >= 0.3 is 0 Å². The van der Waals surface area contributed by atoms with E-state index in [2.05, 4.69) is 39.5 Å². The number of hydrogen-bond donors (Lipinski definition) is 1. The molecule has 1 heterocycles. The standard InChI is InChI=1S/C16H20N2OS/c19-9-3-8-18(10-14-11-20-12-17-14)16-7-6-13-4-1-2-5-15(13)16/h1-2,4-5,11-12,16,19H,3,6-10H2/t16-/m0/s1. The van der Waals surface area contributed by atoms with Crippen molar-refractivity contribution in [3.8, 4) is 0 Å². The lowest BCUT2D eigenvalue weighted by Crippen LogP contribution is -2.29. The maximum Gasteiger partial charge on any atom is 0.0795 e. The zero-order chi connectivity index (χ0) is 13.8. The predicted molar refractivity (Wildman–Crippen MR) is 81.7 cm³/mol. The van der Waals surface area contributed by atoms with Crippen LogP contribution in [0.1, 0.15) is 35.7 Å². The normalized spacial score (nSPS) is 17.6. The summed E-state index contributed by atoms with van der Waals surface area (Å²) in [6.45, 7) is 2.05. The first-order valence-electron chi connectivity index (χ1n) is 7.18. The second-order valence-electron chi connectivity index (χ2n) is 5.28. The van der Waals surface area contributed by atoms with E-state index in [-0.39, 0.29) is 6.61 Å². The van der Waals surface area contributed by atoms with Crippen molar-refractivity contribution >= 4 is 11.3 Å². The molecule has 1 aliphatic carbocycles.